The summed E-state index contributed by atoms with van der Waals surface area (Å²) in [6.07, 6.45) is 1.40. The predicted molar refractivity (Wildman–Crippen MR) is 75.6 cm³/mol. The third kappa shape index (κ3) is 4.50. The fraction of sp³-hybridized carbons (Fsp3) is 0.643. The number of aryl methyl sites for hydroxylation is 1. The third-order valence-electron chi connectivity index (χ3n) is 2.65. The molecule has 1 N–H and O–H groups in total. The second-order valence-electron chi connectivity index (χ2n) is 5.67. The van der Waals surface area contributed by atoms with E-state index in [0.29, 0.717) is 23.5 Å². The van der Waals surface area contributed by atoms with Gasteiger partial charge in [-0.15, -0.1) is 0 Å². The van der Waals surface area contributed by atoms with Crippen molar-refractivity contribution in [3.05, 3.63) is 17.5 Å². The van der Waals surface area contributed by atoms with E-state index in [0.717, 1.165) is 13.1 Å². The molecule has 0 atom stereocenters. The Bertz CT molecular complexity index is 434. The van der Waals surface area contributed by atoms with Gasteiger partial charge in [0.15, 0.2) is 0 Å². The van der Waals surface area contributed by atoms with Gasteiger partial charge in [0.2, 0.25) is 5.95 Å². The van der Waals surface area contributed by atoms with Crippen LogP contribution >= 0.6 is 0 Å². The molecule has 5 heteroatoms. The summed E-state index contributed by atoms with van der Waals surface area (Å²) in [4.78, 5) is 21.6. The van der Waals surface area contributed by atoms with Crippen molar-refractivity contribution in [2.75, 3.05) is 18.0 Å². The normalized spacial score (nSPS) is 11.1. The molecule has 0 radical (unpaired) electrons. The standard InChI is InChI=1S/C14H23N3O2/c1-9(2)7-17(8-10(3)4)14-15-6-12(13(18)19)11(5)16-14/h6,9-10H,7-8H2,1-5H3,(H,18,19). The second kappa shape index (κ2) is 6.50. The lowest BCUT2D eigenvalue weighted by Gasteiger charge is -2.26. The molecule has 1 aromatic rings. The number of nitrogens with zero attached hydrogens (tertiary/aromatic N) is 3. The van der Waals surface area contributed by atoms with Gasteiger partial charge in [0, 0.05) is 19.3 Å². The summed E-state index contributed by atoms with van der Waals surface area (Å²) in [7, 11) is 0. The van der Waals surface area contributed by atoms with E-state index in [-0.39, 0.29) is 5.56 Å². The monoisotopic (exact) mass is 265 g/mol. The Hall–Kier alpha value is -1.65. The zero-order valence-electron chi connectivity index (χ0n) is 12.3. The van der Waals surface area contributed by atoms with E-state index in [4.69, 9.17) is 5.11 Å². The minimum atomic E-state index is -0.983. The molecule has 0 saturated heterocycles. The second-order valence-corrected chi connectivity index (χ2v) is 5.67. The first-order valence-electron chi connectivity index (χ1n) is 6.63. The van der Waals surface area contributed by atoms with Crippen LogP contribution in [0.2, 0.25) is 0 Å². The van der Waals surface area contributed by atoms with Crippen molar-refractivity contribution >= 4 is 11.9 Å². The number of rotatable bonds is 6. The Morgan fingerprint density at radius 3 is 2.16 bits per heavy atom. The quantitative estimate of drug-likeness (QED) is 0.856. The van der Waals surface area contributed by atoms with Crippen molar-refractivity contribution in [2.45, 2.75) is 34.6 Å². The molecule has 0 fully saturated rings. The fourth-order valence-electron chi connectivity index (χ4n) is 1.94. The zero-order valence-corrected chi connectivity index (χ0v) is 12.3. The molecule has 0 unspecified atom stereocenters. The lowest BCUT2D eigenvalue weighted by Crippen LogP contribution is -2.33. The van der Waals surface area contributed by atoms with Gasteiger partial charge in [-0.25, -0.2) is 14.8 Å². The maximum atomic E-state index is 11.0. The highest BCUT2D eigenvalue weighted by atomic mass is 16.4. The van der Waals surface area contributed by atoms with Crippen LogP contribution in [0.25, 0.3) is 0 Å². The van der Waals surface area contributed by atoms with Crippen molar-refractivity contribution in [1.82, 2.24) is 9.97 Å². The molecular formula is C14H23N3O2. The SMILES string of the molecule is Cc1nc(N(CC(C)C)CC(C)C)ncc1C(=O)O. The van der Waals surface area contributed by atoms with Crippen molar-refractivity contribution in [3.63, 3.8) is 0 Å². The minimum Gasteiger partial charge on any atom is -0.478 e. The molecular weight excluding hydrogens is 242 g/mol. The van der Waals surface area contributed by atoms with Crippen LogP contribution in [-0.4, -0.2) is 34.1 Å². The van der Waals surface area contributed by atoms with Crippen molar-refractivity contribution in [3.8, 4) is 0 Å². The molecule has 19 heavy (non-hydrogen) atoms. The van der Waals surface area contributed by atoms with Gasteiger partial charge in [0.1, 0.15) is 0 Å². The number of carbonyl (C=O) groups is 1. The van der Waals surface area contributed by atoms with Gasteiger partial charge in [0.25, 0.3) is 0 Å². The molecule has 0 aliphatic rings. The summed E-state index contributed by atoms with van der Waals surface area (Å²) in [5.74, 6) is 0.636. The Morgan fingerprint density at radius 1 is 1.26 bits per heavy atom. The van der Waals surface area contributed by atoms with E-state index >= 15 is 0 Å². The smallest absolute Gasteiger partial charge is 0.339 e. The highest BCUT2D eigenvalue weighted by Crippen LogP contribution is 2.15. The summed E-state index contributed by atoms with van der Waals surface area (Å²) < 4.78 is 0. The van der Waals surface area contributed by atoms with Crippen LogP contribution < -0.4 is 4.90 Å². The maximum Gasteiger partial charge on any atom is 0.339 e. The predicted octanol–water partition coefficient (Wildman–Crippen LogP) is 2.60. The minimum absolute atomic E-state index is 0.165. The van der Waals surface area contributed by atoms with Crippen LogP contribution in [-0.2, 0) is 0 Å². The maximum absolute atomic E-state index is 11.0. The molecule has 0 aromatic carbocycles. The van der Waals surface area contributed by atoms with Gasteiger partial charge in [-0.3, -0.25) is 0 Å². The number of aromatic nitrogens is 2. The first kappa shape index (κ1) is 15.4. The van der Waals surface area contributed by atoms with E-state index in [9.17, 15) is 4.79 Å². The number of hydrogen-bond acceptors (Lipinski definition) is 4. The van der Waals surface area contributed by atoms with Gasteiger partial charge in [-0.05, 0) is 18.8 Å². The largest absolute Gasteiger partial charge is 0.478 e. The van der Waals surface area contributed by atoms with Crippen LogP contribution in [0.15, 0.2) is 6.20 Å². The van der Waals surface area contributed by atoms with Crippen LogP contribution in [0, 0.1) is 18.8 Å². The molecule has 0 aliphatic carbocycles. The zero-order chi connectivity index (χ0) is 14.6. The molecule has 0 amide bonds. The molecule has 0 aliphatic heterocycles. The van der Waals surface area contributed by atoms with Crippen molar-refractivity contribution in [1.29, 1.82) is 0 Å². The van der Waals surface area contributed by atoms with Crippen LogP contribution in [0.5, 0.6) is 0 Å². The molecule has 1 aromatic heterocycles. The molecule has 0 saturated carbocycles. The Morgan fingerprint density at radius 2 is 1.79 bits per heavy atom. The molecule has 0 spiro atoms. The van der Waals surface area contributed by atoms with Crippen LogP contribution in [0.1, 0.15) is 43.7 Å². The van der Waals surface area contributed by atoms with E-state index in [1.54, 1.807) is 6.92 Å². The summed E-state index contributed by atoms with van der Waals surface area (Å²) >= 11 is 0. The highest BCUT2D eigenvalue weighted by Gasteiger charge is 2.16. The molecule has 0 bridgehead atoms. The lowest BCUT2D eigenvalue weighted by atomic mass is 10.1. The number of carboxylic acids is 1. The summed E-state index contributed by atoms with van der Waals surface area (Å²) in [5, 5.41) is 8.99. The van der Waals surface area contributed by atoms with E-state index in [1.807, 2.05) is 0 Å². The number of carboxylic acid groups (broad SMARTS) is 1. The molecule has 5 nitrogen and oxygen atoms in total. The van der Waals surface area contributed by atoms with E-state index < -0.39 is 5.97 Å². The van der Waals surface area contributed by atoms with E-state index in [2.05, 4.69) is 42.6 Å². The fourth-order valence-corrected chi connectivity index (χ4v) is 1.94. The van der Waals surface area contributed by atoms with Gasteiger partial charge in [0.05, 0.1) is 11.3 Å². The molecule has 1 rings (SSSR count). The van der Waals surface area contributed by atoms with Gasteiger partial charge in [-0.1, -0.05) is 27.7 Å². The van der Waals surface area contributed by atoms with Gasteiger partial charge in [-0.2, -0.15) is 0 Å². The van der Waals surface area contributed by atoms with Gasteiger partial charge >= 0.3 is 5.97 Å². The average molecular weight is 265 g/mol. The topological polar surface area (TPSA) is 66.3 Å². The Kier molecular flexibility index (Phi) is 5.27. The van der Waals surface area contributed by atoms with Gasteiger partial charge < -0.3 is 10.0 Å². The molecule has 106 valence electrons. The lowest BCUT2D eigenvalue weighted by molar-refractivity contribution is 0.0695. The molecule has 1 heterocycles. The van der Waals surface area contributed by atoms with Crippen LogP contribution in [0.4, 0.5) is 5.95 Å². The number of anilines is 1. The first-order chi connectivity index (χ1) is 8.81. The first-order valence-corrected chi connectivity index (χ1v) is 6.63. The number of aromatic carboxylic acids is 1. The average Bonchev–Trinajstić information content (AvgIpc) is 2.26. The number of hydrogen-bond donors (Lipinski definition) is 1. The van der Waals surface area contributed by atoms with E-state index in [1.165, 1.54) is 6.20 Å². The third-order valence-corrected chi connectivity index (χ3v) is 2.65. The van der Waals surface area contributed by atoms with Crippen LogP contribution in [0.3, 0.4) is 0 Å². The highest BCUT2D eigenvalue weighted by molar-refractivity contribution is 5.88. The Balaban J connectivity index is 3.02. The van der Waals surface area contributed by atoms with Crippen molar-refractivity contribution < 1.29 is 9.90 Å². The summed E-state index contributed by atoms with van der Waals surface area (Å²) in [6.45, 7) is 12.0. The summed E-state index contributed by atoms with van der Waals surface area (Å²) in [6, 6.07) is 0. The Labute approximate surface area is 114 Å². The van der Waals surface area contributed by atoms with Crippen molar-refractivity contribution in [2.24, 2.45) is 11.8 Å². The summed E-state index contributed by atoms with van der Waals surface area (Å²) in [5.41, 5.74) is 0.674.